The fraction of sp³-hybridized carbons (Fsp3) is 0.200. The lowest BCUT2D eigenvalue weighted by atomic mass is 10.1. The molecule has 1 aromatic heterocycles. The van der Waals surface area contributed by atoms with E-state index in [1.807, 2.05) is 24.3 Å². The fourth-order valence-corrected chi connectivity index (χ4v) is 2.04. The molecule has 2 rings (SSSR count). The minimum Gasteiger partial charge on any atom is -0.550 e. The highest BCUT2D eigenvalue weighted by atomic mass is 32.1. The van der Waals surface area contributed by atoms with Crippen LogP contribution in [-0.4, -0.2) is 34.2 Å². The highest BCUT2D eigenvalue weighted by Crippen LogP contribution is 2.23. The molecule has 8 nitrogen and oxygen atoms in total. The van der Waals surface area contributed by atoms with Gasteiger partial charge in [0.1, 0.15) is 11.4 Å². The maximum Gasteiger partial charge on any atom is 0.184 e. The van der Waals surface area contributed by atoms with Crippen molar-refractivity contribution in [2.45, 2.75) is 13.0 Å². The van der Waals surface area contributed by atoms with Crippen LogP contribution in [0.2, 0.25) is 0 Å². The average Bonchev–Trinajstić information content (AvgIpc) is 2.96. The Hall–Kier alpha value is -2.94. The van der Waals surface area contributed by atoms with E-state index in [0.717, 1.165) is 11.3 Å². The number of thiocarbonyl (C=S) groups is 1. The fourth-order valence-electron chi connectivity index (χ4n) is 1.99. The largest absolute Gasteiger partial charge is 0.550 e. The van der Waals surface area contributed by atoms with Gasteiger partial charge in [0.2, 0.25) is 0 Å². The molecule has 0 fully saturated rings. The number of carboxylic acids is 1. The number of hydrogen-bond donors (Lipinski definition) is 2. The molecule has 9 heteroatoms. The molecule has 0 saturated carbocycles. The van der Waals surface area contributed by atoms with Crippen molar-refractivity contribution in [3.8, 4) is 17.0 Å². The second kappa shape index (κ2) is 8.06. The molecule has 0 aliphatic carbocycles. The van der Waals surface area contributed by atoms with Crippen molar-refractivity contribution in [2.75, 3.05) is 7.11 Å². The number of carbonyl (C=O) groups excluding carboxylic acids is 1. The summed E-state index contributed by atoms with van der Waals surface area (Å²) in [6.07, 6.45) is 3.07. The van der Waals surface area contributed by atoms with Gasteiger partial charge in [-0.25, -0.2) is 0 Å². The Kier molecular flexibility index (Phi) is 5.85. The Morgan fingerprint density at radius 2 is 2.21 bits per heavy atom. The Morgan fingerprint density at radius 1 is 1.50 bits per heavy atom. The van der Waals surface area contributed by atoms with E-state index < -0.39 is 5.97 Å². The van der Waals surface area contributed by atoms with Crippen LogP contribution in [0.5, 0.6) is 5.75 Å². The van der Waals surface area contributed by atoms with E-state index in [2.05, 4.69) is 27.8 Å². The van der Waals surface area contributed by atoms with Gasteiger partial charge in [0, 0.05) is 36.3 Å². The van der Waals surface area contributed by atoms with Gasteiger partial charge in [-0.2, -0.15) is 10.2 Å². The molecule has 1 aromatic carbocycles. The van der Waals surface area contributed by atoms with Crippen molar-refractivity contribution in [1.82, 2.24) is 15.2 Å². The number of methoxy groups -OCH3 is 1. The summed E-state index contributed by atoms with van der Waals surface area (Å²) in [5, 5.41) is 19.0. The number of hydrazone groups is 1. The topological polar surface area (TPSA) is 118 Å². The SMILES string of the molecule is COc1ccc(-c2nn(CCC(=O)[O-])cc2/C=N/NC(N)=S)cc1. The van der Waals surface area contributed by atoms with Gasteiger partial charge >= 0.3 is 0 Å². The van der Waals surface area contributed by atoms with E-state index in [0.29, 0.717) is 11.3 Å². The summed E-state index contributed by atoms with van der Waals surface area (Å²) < 4.78 is 6.66. The normalized spacial score (nSPS) is 10.7. The first-order valence-electron chi connectivity index (χ1n) is 7.00. The Bertz CT molecular complexity index is 755. The van der Waals surface area contributed by atoms with E-state index in [1.165, 1.54) is 10.9 Å². The lowest BCUT2D eigenvalue weighted by molar-refractivity contribution is -0.306. The molecule has 24 heavy (non-hydrogen) atoms. The van der Waals surface area contributed by atoms with Crippen LogP contribution in [0.1, 0.15) is 12.0 Å². The maximum atomic E-state index is 10.6. The Labute approximate surface area is 143 Å². The number of ether oxygens (including phenoxy) is 1. The minimum absolute atomic E-state index is 0.0431. The van der Waals surface area contributed by atoms with E-state index in [9.17, 15) is 9.90 Å². The highest BCUT2D eigenvalue weighted by molar-refractivity contribution is 7.80. The molecular formula is C15H16N5O3S-. The summed E-state index contributed by atoms with van der Waals surface area (Å²) in [6, 6.07) is 7.32. The molecule has 0 aliphatic heterocycles. The standard InChI is InChI=1S/C15H17N5O3S/c1-23-12-4-2-10(3-5-12)14-11(8-17-18-15(16)24)9-20(19-14)7-6-13(21)22/h2-5,8-9H,6-7H2,1H3,(H,21,22)(H3,16,18,24)/p-1/b17-8+. The number of carbonyl (C=O) groups is 1. The van der Waals surface area contributed by atoms with Gasteiger partial charge in [-0.05, 0) is 36.5 Å². The van der Waals surface area contributed by atoms with Crippen LogP contribution in [0.3, 0.4) is 0 Å². The second-order valence-electron chi connectivity index (χ2n) is 4.78. The van der Waals surface area contributed by atoms with Crippen molar-refractivity contribution < 1.29 is 14.6 Å². The summed E-state index contributed by atoms with van der Waals surface area (Å²) in [5.41, 5.74) is 9.95. The number of aryl methyl sites for hydroxylation is 1. The first-order valence-corrected chi connectivity index (χ1v) is 7.40. The molecular weight excluding hydrogens is 330 g/mol. The van der Waals surface area contributed by atoms with Crippen LogP contribution in [0.4, 0.5) is 0 Å². The number of carboxylic acid groups (broad SMARTS) is 1. The predicted octanol–water partition coefficient (Wildman–Crippen LogP) is -0.134. The molecule has 0 amide bonds. The zero-order valence-corrected chi connectivity index (χ0v) is 13.7. The number of benzene rings is 1. The first kappa shape index (κ1) is 17.4. The number of aliphatic carboxylic acids is 1. The molecule has 3 N–H and O–H groups in total. The molecule has 0 saturated heterocycles. The first-order chi connectivity index (χ1) is 11.5. The molecule has 0 bridgehead atoms. The van der Waals surface area contributed by atoms with Crippen LogP contribution in [0, 0.1) is 0 Å². The van der Waals surface area contributed by atoms with Crippen molar-refractivity contribution in [3.63, 3.8) is 0 Å². The van der Waals surface area contributed by atoms with Crippen molar-refractivity contribution in [2.24, 2.45) is 10.8 Å². The highest BCUT2D eigenvalue weighted by Gasteiger charge is 2.10. The van der Waals surface area contributed by atoms with Crippen molar-refractivity contribution in [3.05, 3.63) is 36.0 Å². The lowest BCUT2D eigenvalue weighted by Gasteiger charge is -2.03. The minimum atomic E-state index is -1.14. The van der Waals surface area contributed by atoms with Crippen molar-refractivity contribution >= 4 is 29.5 Å². The summed E-state index contributed by atoms with van der Waals surface area (Å²) >= 11 is 4.69. The van der Waals surface area contributed by atoms with Crippen LogP contribution in [0.25, 0.3) is 11.3 Å². The average molecular weight is 346 g/mol. The van der Waals surface area contributed by atoms with Gasteiger partial charge in [0.05, 0.1) is 13.3 Å². The molecule has 0 aliphatic rings. The molecule has 0 radical (unpaired) electrons. The summed E-state index contributed by atoms with van der Waals surface area (Å²) in [5.74, 6) is -0.414. The molecule has 0 unspecified atom stereocenters. The quantitative estimate of drug-likeness (QED) is 0.407. The summed E-state index contributed by atoms with van der Waals surface area (Å²) in [6.45, 7) is 0.196. The van der Waals surface area contributed by atoms with E-state index >= 15 is 0 Å². The number of nitrogens with two attached hydrogens (primary N) is 1. The molecule has 126 valence electrons. The third-order valence-corrected chi connectivity index (χ3v) is 3.17. The summed E-state index contributed by atoms with van der Waals surface area (Å²) in [4.78, 5) is 10.6. The third-order valence-electron chi connectivity index (χ3n) is 3.08. The van der Waals surface area contributed by atoms with Gasteiger partial charge in [0.15, 0.2) is 5.11 Å². The van der Waals surface area contributed by atoms with Gasteiger partial charge in [0.25, 0.3) is 0 Å². The molecule has 0 atom stereocenters. The third kappa shape index (κ3) is 4.78. The van der Waals surface area contributed by atoms with Crippen LogP contribution >= 0.6 is 12.2 Å². The summed E-state index contributed by atoms with van der Waals surface area (Å²) in [7, 11) is 1.59. The van der Waals surface area contributed by atoms with Crippen molar-refractivity contribution in [1.29, 1.82) is 0 Å². The number of hydrogen-bond acceptors (Lipinski definition) is 6. The zero-order valence-electron chi connectivity index (χ0n) is 12.9. The molecule has 0 spiro atoms. The van der Waals surface area contributed by atoms with Gasteiger partial charge in [-0.1, -0.05) is 0 Å². The van der Waals surface area contributed by atoms with E-state index in [4.69, 9.17) is 10.5 Å². The van der Waals surface area contributed by atoms with Crippen LogP contribution in [-0.2, 0) is 11.3 Å². The number of aromatic nitrogens is 2. The van der Waals surface area contributed by atoms with E-state index in [1.54, 1.807) is 13.3 Å². The second-order valence-corrected chi connectivity index (χ2v) is 5.22. The molecule has 2 aromatic rings. The van der Waals surface area contributed by atoms with E-state index in [-0.39, 0.29) is 18.1 Å². The number of rotatable bonds is 7. The predicted molar refractivity (Wildman–Crippen MR) is 91.4 cm³/mol. The van der Waals surface area contributed by atoms with Gasteiger partial charge in [-0.3, -0.25) is 10.1 Å². The van der Waals surface area contributed by atoms with Gasteiger partial charge in [-0.15, -0.1) is 0 Å². The lowest BCUT2D eigenvalue weighted by Crippen LogP contribution is -2.24. The monoisotopic (exact) mass is 346 g/mol. The Morgan fingerprint density at radius 3 is 2.79 bits per heavy atom. The number of nitrogens with one attached hydrogen (secondary N) is 1. The Balaban J connectivity index is 2.32. The zero-order chi connectivity index (χ0) is 17.5. The van der Waals surface area contributed by atoms with Crippen LogP contribution < -0.4 is 21.0 Å². The smallest absolute Gasteiger partial charge is 0.184 e. The maximum absolute atomic E-state index is 10.6. The molecule has 1 heterocycles. The number of nitrogens with zero attached hydrogens (tertiary/aromatic N) is 3. The van der Waals surface area contributed by atoms with Gasteiger partial charge < -0.3 is 20.4 Å². The van der Waals surface area contributed by atoms with Crippen LogP contribution in [0.15, 0.2) is 35.6 Å².